The molecule has 0 aliphatic heterocycles. The molecule has 0 unspecified atom stereocenters. The Morgan fingerprint density at radius 1 is 1.03 bits per heavy atom. The molecule has 2 aromatic rings. The van der Waals surface area contributed by atoms with Gasteiger partial charge in [0.25, 0.3) is 0 Å². The molecule has 0 saturated heterocycles. The van der Waals surface area contributed by atoms with E-state index in [1.54, 1.807) is 12.1 Å². The van der Waals surface area contributed by atoms with E-state index in [4.69, 9.17) is 15.9 Å². The molecule has 0 saturated carbocycles. The van der Waals surface area contributed by atoms with Gasteiger partial charge >= 0.3 is 18.1 Å². The number of aryl methyl sites for hydroxylation is 1. The van der Waals surface area contributed by atoms with E-state index in [2.05, 4.69) is 35.8 Å². The number of aliphatic imine (C=N–C) groups is 1. The fourth-order valence-electron chi connectivity index (χ4n) is 2.22. The van der Waals surface area contributed by atoms with Gasteiger partial charge in [0.05, 0.1) is 0 Å². The molecule has 2 aromatic heterocycles. The Balaban J connectivity index is 0.000000697. The maximum atomic E-state index is 12.1. The summed E-state index contributed by atoms with van der Waals surface area (Å²) >= 11 is 0. The summed E-state index contributed by atoms with van der Waals surface area (Å²) < 4.78 is 36.4. The van der Waals surface area contributed by atoms with Gasteiger partial charge in [-0.25, -0.2) is 24.5 Å². The maximum Gasteiger partial charge on any atom is 0.408 e. The molecule has 0 spiro atoms. The second-order valence-corrected chi connectivity index (χ2v) is 6.67. The molecule has 0 aliphatic carbocycles. The predicted molar refractivity (Wildman–Crippen MR) is 121 cm³/mol. The van der Waals surface area contributed by atoms with Gasteiger partial charge in [-0.3, -0.25) is 4.79 Å². The molecule has 194 valence electrons. The van der Waals surface area contributed by atoms with E-state index in [9.17, 15) is 27.6 Å². The first-order valence-electron chi connectivity index (χ1n) is 10.1. The summed E-state index contributed by atoms with van der Waals surface area (Å²) in [5, 5.41) is 28.2. The van der Waals surface area contributed by atoms with Crippen molar-refractivity contribution >= 4 is 35.4 Å². The Hall–Kier alpha value is -4.63. The number of nitrogens with one attached hydrogen (secondary N) is 2. The number of hydrogen-bond donors (Lipinski definition) is 5. The van der Waals surface area contributed by atoms with Crippen LogP contribution in [0, 0.1) is 0 Å². The number of nitrogens with two attached hydrogens (primary N) is 1. The maximum absolute atomic E-state index is 12.1. The highest BCUT2D eigenvalue weighted by molar-refractivity contribution is 5.91. The second kappa shape index (κ2) is 15.3. The van der Waals surface area contributed by atoms with Crippen LogP contribution in [0.1, 0.15) is 25.1 Å². The van der Waals surface area contributed by atoms with Crippen molar-refractivity contribution in [3.63, 3.8) is 0 Å². The van der Waals surface area contributed by atoms with Crippen molar-refractivity contribution in [3.05, 3.63) is 48.6 Å². The molecule has 0 radical (unpaired) electrons. The van der Waals surface area contributed by atoms with Crippen molar-refractivity contribution in [2.45, 2.75) is 31.9 Å². The number of anilines is 2. The molecule has 1 amide bonds. The van der Waals surface area contributed by atoms with Gasteiger partial charge in [-0.15, -0.1) is 5.10 Å². The first-order chi connectivity index (χ1) is 16.9. The summed E-state index contributed by atoms with van der Waals surface area (Å²) in [4.78, 5) is 42.3. The topological polar surface area (TPSA) is 206 Å². The number of aromatic nitrogens is 4. The first-order valence-corrected chi connectivity index (χ1v) is 10.1. The molecule has 0 fully saturated rings. The molecule has 6 N–H and O–H groups in total. The molecular formula is C20H23F3N8O5. The van der Waals surface area contributed by atoms with Crippen molar-refractivity contribution in [2.24, 2.45) is 10.7 Å². The zero-order valence-electron chi connectivity index (χ0n) is 18.6. The molecule has 0 atom stereocenters. The van der Waals surface area contributed by atoms with Crippen LogP contribution in [0.2, 0.25) is 0 Å². The largest absolute Gasteiger partial charge is 0.478 e. The number of aliphatic carboxylic acids is 2. The minimum atomic E-state index is -4.43. The van der Waals surface area contributed by atoms with E-state index >= 15 is 0 Å². The number of hydrogen-bond acceptors (Lipinski definition) is 8. The molecule has 0 aromatic carbocycles. The highest BCUT2D eigenvalue weighted by Gasteiger charge is 2.26. The molecule has 13 nitrogen and oxygen atoms in total. The third-order valence-corrected chi connectivity index (χ3v) is 3.65. The van der Waals surface area contributed by atoms with Crippen LogP contribution in [-0.4, -0.2) is 66.9 Å². The zero-order chi connectivity index (χ0) is 27.0. The van der Waals surface area contributed by atoms with E-state index in [0.717, 1.165) is 0 Å². The molecule has 2 heterocycles. The average Bonchev–Trinajstić information content (AvgIpc) is 2.80. The van der Waals surface area contributed by atoms with E-state index in [1.807, 2.05) is 0 Å². The Labute approximate surface area is 202 Å². The van der Waals surface area contributed by atoms with E-state index < -0.39 is 24.7 Å². The summed E-state index contributed by atoms with van der Waals surface area (Å²) in [6, 6.07) is 4.77. The highest BCUT2D eigenvalue weighted by Crippen LogP contribution is 2.14. The number of carboxylic acid groups (broad SMARTS) is 2. The summed E-state index contributed by atoms with van der Waals surface area (Å²) in [5.74, 6) is -1.97. The van der Waals surface area contributed by atoms with Gasteiger partial charge in [0.2, 0.25) is 5.91 Å². The quantitative estimate of drug-likeness (QED) is 0.134. The monoisotopic (exact) mass is 512 g/mol. The highest BCUT2D eigenvalue weighted by atomic mass is 19.4. The Bertz CT molecular complexity index is 1050. The number of amides is 1. The Morgan fingerprint density at radius 3 is 2.31 bits per heavy atom. The Kier molecular flexibility index (Phi) is 12.5. The lowest BCUT2D eigenvalue weighted by Crippen LogP contribution is -2.26. The van der Waals surface area contributed by atoms with Crippen molar-refractivity contribution in [1.82, 2.24) is 20.2 Å². The van der Waals surface area contributed by atoms with Crippen molar-refractivity contribution in [1.29, 1.82) is 0 Å². The zero-order valence-corrected chi connectivity index (χ0v) is 18.6. The van der Waals surface area contributed by atoms with Crippen LogP contribution in [0.4, 0.5) is 24.8 Å². The number of carboxylic acids is 2. The van der Waals surface area contributed by atoms with Gasteiger partial charge < -0.3 is 26.6 Å². The number of carbonyl (C=O) groups excluding carboxylic acids is 1. The van der Waals surface area contributed by atoms with Gasteiger partial charge in [-0.2, -0.15) is 18.3 Å². The van der Waals surface area contributed by atoms with Crippen LogP contribution >= 0.6 is 0 Å². The lowest BCUT2D eigenvalue weighted by Gasteiger charge is -2.07. The third-order valence-electron chi connectivity index (χ3n) is 3.65. The second-order valence-electron chi connectivity index (χ2n) is 6.67. The lowest BCUT2D eigenvalue weighted by atomic mass is 10.2. The van der Waals surface area contributed by atoms with Crippen LogP contribution in [0.5, 0.6) is 0 Å². The van der Waals surface area contributed by atoms with Gasteiger partial charge in [0.1, 0.15) is 18.2 Å². The van der Waals surface area contributed by atoms with Crippen LogP contribution in [-0.2, 0) is 20.8 Å². The van der Waals surface area contributed by atoms with Crippen molar-refractivity contribution < 1.29 is 37.8 Å². The number of carbonyl (C=O) groups is 3. The van der Waals surface area contributed by atoms with Crippen LogP contribution < -0.4 is 16.4 Å². The molecule has 0 bridgehead atoms. The number of rotatable bonds is 10. The third kappa shape index (κ3) is 15.3. The number of guanidine groups is 1. The summed E-state index contributed by atoms with van der Waals surface area (Å²) in [6.07, 6.45) is 1.69. The molecule has 16 heteroatoms. The number of alkyl halides is 3. The number of halogens is 3. The smallest absolute Gasteiger partial charge is 0.408 e. The van der Waals surface area contributed by atoms with Crippen molar-refractivity contribution in [3.8, 4) is 0 Å². The molecular weight excluding hydrogens is 489 g/mol. The van der Waals surface area contributed by atoms with Gasteiger partial charge in [0, 0.05) is 37.4 Å². The molecule has 2 rings (SSSR count). The van der Waals surface area contributed by atoms with Gasteiger partial charge in [-0.05, 0) is 31.0 Å². The molecule has 0 aliphatic rings. The summed E-state index contributed by atoms with van der Waals surface area (Å²) in [6.45, 7) is -1.37. The van der Waals surface area contributed by atoms with Gasteiger partial charge in [-0.1, -0.05) is 0 Å². The molecule has 36 heavy (non-hydrogen) atoms. The number of nitrogens with zero attached hydrogens (tertiary/aromatic N) is 5. The minimum Gasteiger partial charge on any atom is -0.478 e. The predicted octanol–water partition coefficient (Wildman–Crippen LogP) is 1.62. The SMILES string of the molecule is NC(=NCC(F)(F)F)Nc1ccnc(CCCCC(=O)Nc2cccnn2)n1.O=C(O)C=CC(=O)O. The normalized spacial score (nSPS) is 11.4. The van der Waals surface area contributed by atoms with Gasteiger partial charge in [0.15, 0.2) is 11.8 Å². The fourth-order valence-corrected chi connectivity index (χ4v) is 2.22. The minimum absolute atomic E-state index is 0.175. The van der Waals surface area contributed by atoms with Crippen LogP contribution in [0.15, 0.2) is 47.7 Å². The summed E-state index contributed by atoms with van der Waals surface area (Å²) in [7, 11) is 0. The standard InChI is InChI=1S/C16H19F3N8O.C4H4O4/c17-16(18,19)10-22-15(20)26-12-7-9-21-11(24-12)4-1-2-6-14(28)25-13-5-3-8-23-27-13;5-3(6)1-2-4(7)8/h3,5,7-9H,1-2,4,6,10H2,(H,25,27,28)(H3,20,21,22,24,26);1-2H,(H,5,6)(H,7,8). The lowest BCUT2D eigenvalue weighted by molar-refractivity contribution is -0.134. The van der Waals surface area contributed by atoms with Crippen LogP contribution in [0.3, 0.4) is 0 Å². The summed E-state index contributed by atoms with van der Waals surface area (Å²) in [5.41, 5.74) is 5.41. The van der Waals surface area contributed by atoms with E-state index in [-0.39, 0.29) is 17.7 Å². The number of unbranched alkanes of at least 4 members (excludes halogenated alkanes) is 1. The average molecular weight is 512 g/mol. The van der Waals surface area contributed by atoms with Crippen molar-refractivity contribution in [2.75, 3.05) is 17.2 Å². The van der Waals surface area contributed by atoms with E-state index in [0.29, 0.717) is 49.5 Å². The van der Waals surface area contributed by atoms with E-state index in [1.165, 1.54) is 18.5 Å². The fraction of sp³-hybridized carbons (Fsp3) is 0.300. The van der Waals surface area contributed by atoms with Crippen LogP contribution in [0.25, 0.3) is 0 Å². The Morgan fingerprint density at radius 2 is 1.72 bits per heavy atom. The first kappa shape index (κ1) is 29.4.